The van der Waals surface area contributed by atoms with E-state index in [1.165, 1.54) is 12.8 Å². The largest absolute Gasteiger partial charge is 0.381 e. The summed E-state index contributed by atoms with van der Waals surface area (Å²) in [6.45, 7) is 3.04. The van der Waals surface area contributed by atoms with Crippen LogP contribution in [0.5, 0.6) is 0 Å². The molecular formula is C7H15NO. The first-order valence-corrected chi connectivity index (χ1v) is 3.66. The number of rotatable bonds is 2. The van der Waals surface area contributed by atoms with Crippen LogP contribution < -0.4 is 5.32 Å². The molecule has 54 valence electrons. The molecule has 0 aromatic carbocycles. The molecule has 0 radical (unpaired) electrons. The number of nitrogens with one attached hydrogen (secondary N) is 1. The van der Waals surface area contributed by atoms with E-state index in [1.807, 2.05) is 7.05 Å². The molecule has 0 aliphatic carbocycles. The van der Waals surface area contributed by atoms with Crippen LogP contribution in [0.15, 0.2) is 0 Å². The van der Waals surface area contributed by atoms with Crippen molar-refractivity contribution in [3.63, 3.8) is 0 Å². The molecule has 9 heavy (non-hydrogen) atoms. The second-order valence-corrected chi connectivity index (χ2v) is 2.64. The third-order valence-electron chi connectivity index (χ3n) is 1.75. The Balaban J connectivity index is 2.08. The van der Waals surface area contributed by atoms with Crippen molar-refractivity contribution < 1.29 is 4.74 Å². The Bertz CT molecular complexity index is 66.6. The summed E-state index contributed by atoms with van der Waals surface area (Å²) in [4.78, 5) is 0. The lowest BCUT2D eigenvalue weighted by molar-refractivity contribution is 0.0556. The van der Waals surface area contributed by atoms with Gasteiger partial charge in [-0.3, -0.25) is 0 Å². The average Bonchev–Trinajstić information content (AvgIpc) is 1.91. The van der Waals surface area contributed by atoms with Gasteiger partial charge in [-0.15, -0.1) is 0 Å². The van der Waals surface area contributed by atoms with Crippen LogP contribution in [0.4, 0.5) is 0 Å². The van der Waals surface area contributed by atoms with Crippen molar-refractivity contribution in [2.45, 2.75) is 12.8 Å². The Morgan fingerprint density at radius 3 is 3.11 bits per heavy atom. The van der Waals surface area contributed by atoms with Gasteiger partial charge in [0.05, 0.1) is 6.61 Å². The van der Waals surface area contributed by atoms with Crippen molar-refractivity contribution in [3.05, 3.63) is 0 Å². The third kappa shape index (κ3) is 2.33. The molecule has 2 heteroatoms. The quantitative estimate of drug-likeness (QED) is 0.590. The highest BCUT2D eigenvalue weighted by molar-refractivity contribution is 4.63. The van der Waals surface area contributed by atoms with Gasteiger partial charge in [-0.05, 0) is 32.4 Å². The van der Waals surface area contributed by atoms with E-state index in [-0.39, 0.29) is 0 Å². The summed E-state index contributed by atoms with van der Waals surface area (Å²) in [5.41, 5.74) is 0. The lowest BCUT2D eigenvalue weighted by Gasteiger charge is -2.21. The van der Waals surface area contributed by atoms with E-state index < -0.39 is 0 Å². The van der Waals surface area contributed by atoms with E-state index in [2.05, 4.69) is 5.32 Å². The number of ether oxygens (including phenoxy) is 1. The Hall–Kier alpha value is -0.0800. The molecule has 1 atom stereocenters. The maximum Gasteiger partial charge on any atom is 0.0506 e. The summed E-state index contributed by atoms with van der Waals surface area (Å²) in [5.74, 6) is 0.767. The SMILES string of the molecule is CNC[C@H]1CCCOC1. The summed E-state index contributed by atoms with van der Waals surface area (Å²) in [6.07, 6.45) is 2.58. The zero-order chi connectivity index (χ0) is 6.53. The molecule has 0 bridgehead atoms. The predicted molar refractivity (Wildman–Crippen MR) is 37.5 cm³/mol. The van der Waals surface area contributed by atoms with Gasteiger partial charge in [0.25, 0.3) is 0 Å². The number of hydrogen-bond donors (Lipinski definition) is 1. The monoisotopic (exact) mass is 129 g/mol. The van der Waals surface area contributed by atoms with Crippen molar-refractivity contribution in [1.82, 2.24) is 5.32 Å². The van der Waals surface area contributed by atoms with Gasteiger partial charge in [0.2, 0.25) is 0 Å². The summed E-state index contributed by atoms with van der Waals surface area (Å²) in [6, 6.07) is 0. The molecule has 1 N–H and O–H groups in total. The molecule has 1 aliphatic heterocycles. The second kappa shape index (κ2) is 3.85. The van der Waals surface area contributed by atoms with Gasteiger partial charge in [-0.25, -0.2) is 0 Å². The minimum atomic E-state index is 0.767. The fraction of sp³-hybridized carbons (Fsp3) is 1.00. The smallest absolute Gasteiger partial charge is 0.0506 e. The maximum absolute atomic E-state index is 5.29. The molecular weight excluding hydrogens is 114 g/mol. The Kier molecular flexibility index (Phi) is 3.01. The second-order valence-electron chi connectivity index (χ2n) is 2.64. The van der Waals surface area contributed by atoms with Crippen LogP contribution >= 0.6 is 0 Å². The molecule has 0 aromatic rings. The van der Waals surface area contributed by atoms with Crippen molar-refractivity contribution in [1.29, 1.82) is 0 Å². The molecule has 0 aromatic heterocycles. The molecule has 0 spiro atoms. The molecule has 0 amide bonds. The Morgan fingerprint density at radius 2 is 2.56 bits per heavy atom. The average molecular weight is 129 g/mol. The molecule has 1 heterocycles. The maximum atomic E-state index is 5.29. The molecule has 0 saturated carbocycles. The topological polar surface area (TPSA) is 21.3 Å². The first-order valence-electron chi connectivity index (χ1n) is 3.66. The standard InChI is InChI=1S/C7H15NO/c1-8-5-7-3-2-4-9-6-7/h7-8H,2-6H2,1H3/t7-/m1/s1. The summed E-state index contributed by atoms with van der Waals surface area (Å²) < 4.78 is 5.29. The van der Waals surface area contributed by atoms with Gasteiger partial charge in [-0.2, -0.15) is 0 Å². The van der Waals surface area contributed by atoms with Gasteiger partial charge < -0.3 is 10.1 Å². The van der Waals surface area contributed by atoms with Gasteiger partial charge in [0.15, 0.2) is 0 Å². The lowest BCUT2D eigenvalue weighted by atomic mass is 10.0. The molecule has 2 nitrogen and oxygen atoms in total. The summed E-state index contributed by atoms with van der Waals surface area (Å²) in [5, 5.41) is 3.16. The highest BCUT2D eigenvalue weighted by Crippen LogP contribution is 2.11. The third-order valence-corrected chi connectivity index (χ3v) is 1.75. The van der Waals surface area contributed by atoms with Gasteiger partial charge >= 0.3 is 0 Å². The fourth-order valence-corrected chi connectivity index (χ4v) is 1.26. The first-order chi connectivity index (χ1) is 4.43. The zero-order valence-corrected chi connectivity index (χ0v) is 6.02. The van der Waals surface area contributed by atoms with E-state index in [0.29, 0.717) is 0 Å². The zero-order valence-electron chi connectivity index (χ0n) is 6.02. The van der Waals surface area contributed by atoms with Crippen LogP contribution in [-0.4, -0.2) is 26.8 Å². The predicted octanol–water partition coefficient (Wildman–Crippen LogP) is 0.632. The minimum Gasteiger partial charge on any atom is -0.381 e. The highest BCUT2D eigenvalue weighted by Gasteiger charge is 2.11. The van der Waals surface area contributed by atoms with Crippen molar-refractivity contribution in [2.75, 3.05) is 26.8 Å². The summed E-state index contributed by atoms with van der Waals surface area (Å²) >= 11 is 0. The van der Waals surface area contributed by atoms with Gasteiger partial charge in [0, 0.05) is 6.61 Å². The molecule has 1 aliphatic rings. The fourth-order valence-electron chi connectivity index (χ4n) is 1.26. The van der Waals surface area contributed by atoms with Crippen LogP contribution in [0.3, 0.4) is 0 Å². The van der Waals surface area contributed by atoms with Crippen LogP contribution in [-0.2, 0) is 4.74 Å². The Morgan fingerprint density at radius 1 is 1.67 bits per heavy atom. The van der Waals surface area contributed by atoms with E-state index in [9.17, 15) is 0 Å². The number of hydrogen-bond acceptors (Lipinski definition) is 2. The molecule has 1 saturated heterocycles. The van der Waals surface area contributed by atoms with Crippen LogP contribution in [0, 0.1) is 5.92 Å². The van der Waals surface area contributed by atoms with Crippen LogP contribution in [0.2, 0.25) is 0 Å². The van der Waals surface area contributed by atoms with Gasteiger partial charge in [-0.1, -0.05) is 0 Å². The lowest BCUT2D eigenvalue weighted by Crippen LogP contribution is -2.26. The van der Waals surface area contributed by atoms with Crippen molar-refractivity contribution >= 4 is 0 Å². The Labute approximate surface area is 56.6 Å². The van der Waals surface area contributed by atoms with E-state index >= 15 is 0 Å². The molecule has 1 rings (SSSR count). The van der Waals surface area contributed by atoms with E-state index in [4.69, 9.17) is 4.74 Å². The molecule has 1 fully saturated rings. The van der Waals surface area contributed by atoms with Crippen LogP contribution in [0.1, 0.15) is 12.8 Å². The van der Waals surface area contributed by atoms with Crippen molar-refractivity contribution in [2.24, 2.45) is 5.92 Å². The van der Waals surface area contributed by atoms with Gasteiger partial charge in [0.1, 0.15) is 0 Å². The first kappa shape index (κ1) is 7.03. The van der Waals surface area contributed by atoms with Crippen molar-refractivity contribution in [3.8, 4) is 0 Å². The normalized spacial score (nSPS) is 28.3. The van der Waals surface area contributed by atoms with E-state index in [1.54, 1.807) is 0 Å². The highest BCUT2D eigenvalue weighted by atomic mass is 16.5. The van der Waals surface area contributed by atoms with E-state index in [0.717, 1.165) is 25.7 Å². The molecule has 0 unspecified atom stereocenters. The minimum absolute atomic E-state index is 0.767. The summed E-state index contributed by atoms with van der Waals surface area (Å²) in [7, 11) is 1.99. The van der Waals surface area contributed by atoms with Crippen LogP contribution in [0.25, 0.3) is 0 Å².